The number of methoxy groups -OCH3 is 1. The molecule has 0 saturated carbocycles. The number of carbonyl (C=O) groups is 1. The fourth-order valence-electron chi connectivity index (χ4n) is 1.78. The molecule has 2 aromatic rings. The minimum absolute atomic E-state index is 0.00112. The lowest BCUT2D eigenvalue weighted by atomic mass is 10.2. The smallest absolute Gasteiger partial charge is 0.416 e. The predicted octanol–water partition coefficient (Wildman–Crippen LogP) is 5.01. The van der Waals surface area contributed by atoms with Crippen molar-refractivity contribution in [3.63, 3.8) is 0 Å². The van der Waals surface area contributed by atoms with Crippen LogP contribution in [-0.2, 0) is 6.18 Å². The molecule has 0 saturated heterocycles. The number of urea groups is 1. The molecule has 0 spiro atoms. The van der Waals surface area contributed by atoms with Gasteiger partial charge in [-0.25, -0.2) is 4.79 Å². The van der Waals surface area contributed by atoms with Crippen LogP contribution in [-0.4, -0.2) is 13.1 Å². The summed E-state index contributed by atoms with van der Waals surface area (Å²) in [5.74, 6) is 0.528. The van der Waals surface area contributed by atoms with Crippen LogP contribution in [0.4, 0.5) is 29.3 Å². The molecule has 2 N–H and O–H groups in total. The maximum atomic E-state index is 12.7. The van der Waals surface area contributed by atoms with Crippen LogP contribution < -0.4 is 15.4 Å². The minimum Gasteiger partial charge on any atom is -0.497 e. The number of halogens is 4. The quantitative estimate of drug-likeness (QED) is 0.822. The van der Waals surface area contributed by atoms with E-state index in [9.17, 15) is 18.0 Å². The molecular weight excluding hydrogens is 333 g/mol. The van der Waals surface area contributed by atoms with Gasteiger partial charge in [-0.3, -0.25) is 0 Å². The number of alkyl halides is 3. The number of hydrogen-bond donors (Lipinski definition) is 2. The fraction of sp³-hybridized carbons (Fsp3) is 0.133. The number of benzene rings is 2. The topological polar surface area (TPSA) is 50.4 Å². The van der Waals surface area contributed by atoms with Crippen LogP contribution >= 0.6 is 11.6 Å². The number of carbonyl (C=O) groups excluding carboxylic acids is 1. The molecule has 23 heavy (non-hydrogen) atoms. The van der Waals surface area contributed by atoms with Crippen LogP contribution in [0.1, 0.15) is 5.56 Å². The number of amides is 2. The number of ether oxygens (including phenoxy) is 1. The maximum absolute atomic E-state index is 12.7. The molecule has 0 fully saturated rings. The average Bonchev–Trinajstić information content (AvgIpc) is 2.48. The molecule has 2 rings (SSSR count). The zero-order valence-electron chi connectivity index (χ0n) is 11.9. The predicted molar refractivity (Wildman–Crippen MR) is 82.1 cm³/mol. The molecule has 4 nitrogen and oxygen atoms in total. The second-order valence-corrected chi connectivity index (χ2v) is 4.91. The Hall–Kier alpha value is -2.41. The monoisotopic (exact) mass is 344 g/mol. The third-order valence-corrected chi connectivity index (χ3v) is 3.20. The number of hydrogen-bond acceptors (Lipinski definition) is 2. The minimum atomic E-state index is -4.52. The highest BCUT2D eigenvalue weighted by molar-refractivity contribution is 6.33. The van der Waals surface area contributed by atoms with E-state index in [-0.39, 0.29) is 10.7 Å². The largest absolute Gasteiger partial charge is 0.497 e. The van der Waals surface area contributed by atoms with Gasteiger partial charge in [-0.05, 0) is 30.3 Å². The summed E-state index contributed by atoms with van der Waals surface area (Å²) in [6.45, 7) is 0. The molecule has 2 amide bonds. The van der Waals surface area contributed by atoms with Gasteiger partial charge in [0.15, 0.2) is 0 Å². The summed E-state index contributed by atoms with van der Waals surface area (Å²) < 4.78 is 43.1. The van der Waals surface area contributed by atoms with Crippen LogP contribution in [0, 0.1) is 0 Å². The summed E-state index contributed by atoms with van der Waals surface area (Å²) in [7, 11) is 1.47. The Labute approximate surface area is 135 Å². The van der Waals surface area contributed by atoms with E-state index in [0.717, 1.165) is 18.2 Å². The Kier molecular flexibility index (Phi) is 5.00. The average molecular weight is 345 g/mol. The van der Waals surface area contributed by atoms with Gasteiger partial charge in [-0.2, -0.15) is 13.2 Å². The lowest BCUT2D eigenvalue weighted by Crippen LogP contribution is -2.20. The van der Waals surface area contributed by atoms with Crippen molar-refractivity contribution in [3.8, 4) is 5.75 Å². The van der Waals surface area contributed by atoms with E-state index in [2.05, 4.69) is 10.6 Å². The molecule has 0 aromatic heterocycles. The summed E-state index contributed by atoms with van der Waals surface area (Å²) in [5.41, 5.74) is -0.620. The van der Waals surface area contributed by atoms with Crippen molar-refractivity contribution in [2.24, 2.45) is 0 Å². The first kappa shape index (κ1) is 17.0. The van der Waals surface area contributed by atoms with Gasteiger partial charge in [0.1, 0.15) is 5.75 Å². The van der Waals surface area contributed by atoms with Crippen molar-refractivity contribution in [2.45, 2.75) is 6.18 Å². The summed E-state index contributed by atoms with van der Waals surface area (Å²) in [4.78, 5) is 11.9. The van der Waals surface area contributed by atoms with Crippen molar-refractivity contribution >= 4 is 29.0 Å². The normalized spacial score (nSPS) is 11.0. The lowest BCUT2D eigenvalue weighted by molar-refractivity contribution is -0.137. The molecule has 8 heteroatoms. The van der Waals surface area contributed by atoms with Gasteiger partial charge in [0.2, 0.25) is 0 Å². The molecule has 0 atom stereocenters. The van der Waals surface area contributed by atoms with Gasteiger partial charge in [0, 0.05) is 11.8 Å². The van der Waals surface area contributed by atoms with E-state index in [1.807, 2.05) is 0 Å². The lowest BCUT2D eigenvalue weighted by Gasteiger charge is -2.12. The summed E-state index contributed by atoms with van der Waals surface area (Å²) >= 11 is 5.81. The van der Waals surface area contributed by atoms with Crippen LogP contribution in [0.3, 0.4) is 0 Å². The van der Waals surface area contributed by atoms with E-state index in [0.29, 0.717) is 11.4 Å². The van der Waals surface area contributed by atoms with Crippen LogP contribution in [0.15, 0.2) is 42.5 Å². The number of nitrogens with one attached hydrogen (secondary N) is 2. The van der Waals surface area contributed by atoms with Gasteiger partial charge < -0.3 is 15.4 Å². The third kappa shape index (κ3) is 4.53. The molecule has 0 bridgehead atoms. The number of rotatable bonds is 3. The zero-order chi connectivity index (χ0) is 17.0. The van der Waals surface area contributed by atoms with Crippen LogP contribution in [0.5, 0.6) is 5.75 Å². The van der Waals surface area contributed by atoms with Crippen molar-refractivity contribution in [1.82, 2.24) is 0 Å². The van der Waals surface area contributed by atoms with Crippen LogP contribution in [0.2, 0.25) is 5.02 Å². The standard InChI is InChI=1S/C15H12ClF3N2O2/c1-23-11-4-2-3-10(8-11)20-14(22)21-13-7-9(15(17,18)19)5-6-12(13)16/h2-8H,1H3,(H2,20,21,22). The second kappa shape index (κ2) is 6.78. The van der Waals surface area contributed by atoms with Gasteiger partial charge in [-0.1, -0.05) is 17.7 Å². The van der Waals surface area contributed by atoms with Gasteiger partial charge in [0.05, 0.1) is 23.4 Å². The van der Waals surface area contributed by atoms with Crippen molar-refractivity contribution in [3.05, 3.63) is 53.1 Å². The van der Waals surface area contributed by atoms with Crippen LogP contribution in [0.25, 0.3) is 0 Å². The first-order chi connectivity index (χ1) is 10.8. The summed E-state index contributed by atoms with van der Waals surface area (Å²) in [6.07, 6.45) is -4.52. The van der Waals surface area contributed by atoms with E-state index >= 15 is 0 Å². The molecule has 0 heterocycles. The number of anilines is 2. The Bertz CT molecular complexity index is 720. The molecule has 0 aliphatic rings. The van der Waals surface area contributed by atoms with Crippen molar-refractivity contribution in [1.29, 1.82) is 0 Å². The van der Waals surface area contributed by atoms with Crippen molar-refractivity contribution in [2.75, 3.05) is 17.7 Å². The van der Waals surface area contributed by atoms with E-state index in [1.165, 1.54) is 7.11 Å². The summed E-state index contributed by atoms with van der Waals surface area (Å²) in [5, 5.41) is 4.77. The zero-order valence-corrected chi connectivity index (χ0v) is 12.6. The summed E-state index contributed by atoms with van der Waals surface area (Å²) in [6, 6.07) is 8.48. The maximum Gasteiger partial charge on any atom is 0.416 e. The molecule has 0 radical (unpaired) electrons. The van der Waals surface area contributed by atoms with Gasteiger partial charge >= 0.3 is 12.2 Å². The van der Waals surface area contributed by atoms with Crippen molar-refractivity contribution < 1.29 is 22.7 Å². The van der Waals surface area contributed by atoms with E-state index < -0.39 is 17.8 Å². The molecule has 0 unspecified atom stereocenters. The third-order valence-electron chi connectivity index (χ3n) is 2.87. The molecule has 2 aromatic carbocycles. The van der Waals surface area contributed by atoms with E-state index in [4.69, 9.17) is 16.3 Å². The Morgan fingerprint density at radius 3 is 2.52 bits per heavy atom. The fourth-order valence-corrected chi connectivity index (χ4v) is 1.95. The Morgan fingerprint density at radius 1 is 1.13 bits per heavy atom. The highest BCUT2D eigenvalue weighted by Crippen LogP contribution is 2.33. The molecular formula is C15H12ClF3N2O2. The highest BCUT2D eigenvalue weighted by Gasteiger charge is 2.31. The Morgan fingerprint density at radius 2 is 1.87 bits per heavy atom. The van der Waals surface area contributed by atoms with Gasteiger partial charge in [-0.15, -0.1) is 0 Å². The molecule has 0 aliphatic heterocycles. The van der Waals surface area contributed by atoms with E-state index in [1.54, 1.807) is 24.3 Å². The molecule has 0 aliphatic carbocycles. The van der Waals surface area contributed by atoms with Gasteiger partial charge in [0.25, 0.3) is 0 Å². The Balaban J connectivity index is 2.13. The second-order valence-electron chi connectivity index (χ2n) is 4.50. The first-order valence-electron chi connectivity index (χ1n) is 6.38. The SMILES string of the molecule is COc1cccc(NC(=O)Nc2cc(C(F)(F)F)ccc2Cl)c1. The highest BCUT2D eigenvalue weighted by atomic mass is 35.5. The first-order valence-corrected chi connectivity index (χ1v) is 6.76. The molecule has 122 valence electrons.